The molecule has 0 saturated carbocycles. The van der Waals surface area contributed by atoms with Crippen LogP contribution in [0, 0.1) is 13.8 Å². The molecule has 1 aliphatic heterocycles. The van der Waals surface area contributed by atoms with E-state index < -0.39 is 0 Å². The van der Waals surface area contributed by atoms with E-state index in [1.807, 2.05) is 6.92 Å². The van der Waals surface area contributed by atoms with Gasteiger partial charge in [-0.1, -0.05) is 6.42 Å². The van der Waals surface area contributed by atoms with E-state index >= 15 is 0 Å². The van der Waals surface area contributed by atoms with E-state index in [0.29, 0.717) is 17.7 Å². The molecule has 2 rings (SSSR count). The summed E-state index contributed by atoms with van der Waals surface area (Å²) in [5.41, 5.74) is 2.21. The number of nitrogens with one attached hydrogen (secondary N) is 2. The number of pyridine rings is 1. The molecule has 0 aromatic carbocycles. The summed E-state index contributed by atoms with van der Waals surface area (Å²) >= 11 is 0. The molecule has 1 fully saturated rings. The predicted octanol–water partition coefficient (Wildman–Crippen LogP) is 1.48. The maximum absolute atomic E-state index is 12.2. The zero-order chi connectivity index (χ0) is 15.4. The Morgan fingerprint density at radius 1 is 1.33 bits per heavy atom. The fraction of sp³-hybridized carbons (Fsp3) is 0.625. The monoisotopic (exact) mass is 291 g/mol. The lowest BCUT2D eigenvalue weighted by molar-refractivity contribution is -0.126. The quantitative estimate of drug-likeness (QED) is 0.883. The van der Waals surface area contributed by atoms with Crippen LogP contribution < -0.4 is 10.7 Å². The molecular weight excluding hydrogens is 266 g/mol. The van der Waals surface area contributed by atoms with E-state index in [1.165, 1.54) is 19.3 Å². The summed E-state index contributed by atoms with van der Waals surface area (Å²) in [7, 11) is 0. The van der Waals surface area contributed by atoms with Gasteiger partial charge in [0.05, 0.1) is 12.6 Å². The molecule has 5 nitrogen and oxygen atoms in total. The Hall–Kier alpha value is -1.62. The van der Waals surface area contributed by atoms with Gasteiger partial charge in [-0.25, -0.2) is 0 Å². The third kappa shape index (κ3) is 3.73. The van der Waals surface area contributed by atoms with Crippen molar-refractivity contribution in [1.82, 2.24) is 15.2 Å². The standard InChI is InChI=1S/C16H25N3O2/c1-11-9-17-14(12(2)15(11)20)10-18-16(21)13(3)19-7-5-4-6-8-19/h9,13H,4-8,10H2,1-3H3,(H,17,20)(H,18,21)/t13-/m1/s1. The van der Waals surface area contributed by atoms with Crippen molar-refractivity contribution in [3.8, 4) is 0 Å². The minimum atomic E-state index is -0.109. The summed E-state index contributed by atoms with van der Waals surface area (Å²) in [5.74, 6) is 0.0257. The second-order valence-corrected chi connectivity index (χ2v) is 5.89. The maximum Gasteiger partial charge on any atom is 0.237 e. The van der Waals surface area contributed by atoms with Crippen molar-refractivity contribution >= 4 is 5.91 Å². The van der Waals surface area contributed by atoms with E-state index in [1.54, 1.807) is 20.0 Å². The lowest BCUT2D eigenvalue weighted by Gasteiger charge is -2.31. The van der Waals surface area contributed by atoms with Gasteiger partial charge >= 0.3 is 0 Å². The van der Waals surface area contributed by atoms with Crippen LogP contribution in [-0.4, -0.2) is 34.9 Å². The van der Waals surface area contributed by atoms with Gasteiger partial charge in [-0.05, 0) is 46.7 Å². The van der Waals surface area contributed by atoms with Crippen molar-refractivity contribution in [3.05, 3.63) is 33.2 Å². The zero-order valence-corrected chi connectivity index (χ0v) is 13.2. The molecule has 0 bridgehead atoms. The van der Waals surface area contributed by atoms with Crippen LogP contribution in [0.5, 0.6) is 0 Å². The molecule has 5 heteroatoms. The lowest BCUT2D eigenvalue weighted by atomic mass is 10.1. The van der Waals surface area contributed by atoms with E-state index in [0.717, 1.165) is 18.8 Å². The summed E-state index contributed by atoms with van der Waals surface area (Å²) in [6, 6.07) is -0.109. The SMILES string of the molecule is Cc1c[nH]c(CNC(=O)[C@@H](C)N2CCCCC2)c(C)c1=O. The number of aromatic amines is 1. The van der Waals surface area contributed by atoms with Crippen molar-refractivity contribution in [3.63, 3.8) is 0 Å². The Kier molecular flexibility index (Phi) is 5.17. The van der Waals surface area contributed by atoms with E-state index in [-0.39, 0.29) is 17.4 Å². The first-order valence-corrected chi connectivity index (χ1v) is 7.70. The largest absolute Gasteiger partial charge is 0.363 e. The Morgan fingerprint density at radius 3 is 2.67 bits per heavy atom. The van der Waals surface area contributed by atoms with Crippen LogP contribution in [0.4, 0.5) is 0 Å². The van der Waals surface area contributed by atoms with Gasteiger partial charge in [0.15, 0.2) is 5.43 Å². The second kappa shape index (κ2) is 6.89. The maximum atomic E-state index is 12.2. The van der Waals surface area contributed by atoms with Crippen molar-refractivity contribution in [2.45, 2.75) is 52.6 Å². The molecule has 116 valence electrons. The van der Waals surface area contributed by atoms with Gasteiger partial charge < -0.3 is 10.3 Å². The average molecular weight is 291 g/mol. The number of piperidine rings is 1. The molecule has 1 aliphatic rings. The number of rotatable bonds is 4. The Labute approximate surface area is 125 Å². The average Bonchev–Trinajstić information content (AvgIpc) is 2.52. The van der Waals surface area contributed by atoms with Gasteiger partial charge in [-0.2, -0.15) is 0 Å². The highest BCUT2D eigenvalue weighted by molar-refractivity contribution is 5.81. The summed E-state index contributed by atoms with van der Waals surface area (Å²) in [6.07, 6.45) is 5.30. The minimum Gasteiger partial charge on any atom is -0.363 e. The van der Waals surface area contributed by atoms with Gasteiger partial charge in [-0.15, -0.1) is 0 Å². The molecule has 1 aromatic heterocycles. The van der Waals surface area contributed by atoms with Crippen LogP contribution >= 0.6 is 0 Å². The van der Waals surface area contributed by atoms with Crippen LogP contribution in [0.3, 0.4) is 0 Å². The van der Waals surface area contributed by atoms with Gasteiger partial charge in [0.1, 0.15) is 0 Å². The van der Waals surface area contributed by atoms with E-state index in [9.17, 15) is 9.59 Å². The number of H-pyrrole nitrogens is 1. The third-order valence-electron chi connectivity index (χ3n) is 4.37. The number of nitrogens with zero attached hydrogens (tertiary/aromatic N) is 1. The fourth-order valence-electron chi connectivity index (χ4n) is 2.78. The molecule has 0 unspecified atom stereocenters. The normalized spacial score (nSPS) is 17.5. The van der Waals surface area contributed by atoms with Gasteiger partial charge in [-0.3, -0.25) is 14.5 Å². The Balaban J connectivity index is 1.94. The van der Waals surface area contributed by atoms with Crippen LogP contribution in [0.15, 0.2) is 11.0 Å². The highest BCUT2D eigenvalue weighted by Crippen LogP contribution is 2.12. The number of carbonyl (C=O) groups is 1. The first-order chi connectivity index (χ1) is 10.0. The number of likely N-dealkylation sites (tertiary alicyclic amines) is 1. The van der Waals surface area contributed by atoms with Crippen molar-refractivity contribution in [2.75, 3.05) is 13.1 Å². The molecule has 2 heterocycles. The molecule has 0 aliphatic carbocycles. The third-order valence-corrected chi connectivity index (χ3v) is 4.37. The van der Waals surface area contributed by atoms with Crippen LogP contribution in [0.25, 0.3) is 0 Å². The minimum absolute atomic E-state index is 0.0257. The Bertz CT molecular complexity index is 559. The van der Waals surface area contributed by atoms with Crippen molar-refractivity contribution in [1.29, 1.82) is 0 Å². The molecule has 1 aromatic rings. The number of amides is 1. The topological polar surface area (TPSA) is 65.2 Å². The summed E-state index contributed by atoms with van der Waals surface area (Å²) < 4.78 is 0. The molecule has 21 heavy (non-hydrogen) atoms. The van der Waals surface area contributed by atoms with Gasteiger partial charge in [0.2, 0.25) is 5.91 Å². The molecule has 1 atom stereocenters. The van der Waals surface area contributed by atoms with Crippen LogP contribution in [0.2, 0.25) is 0 Å². The number of aryl methyl sites for hydroxylation is 1. The van der Waals surface area contributed by atoms with E-state index in [2.05, 4.69) is 15.2 Å². The lowest BCUT2D eigenvalue weighted by Crippen LogP contribution is -2.47. The number of carbonyl (C=O) groups excluding carboxylic acids is 1. The van der Waals surface area contributed by atoms with Crippen LogP contribution in [0.1, 0.15) is 43.0 Å². The molecule has 2 N–H and O–H groups in total. The first kappa shape index (κ1) is 15.8. The first-order valence-electron chi connectivity index (χ1n) is 7.70. The highest BCUT2D eigenvalue weighted by Gasteiger charge is 2.22. The number of hydrogen-bond acceptors (Lipinski definition) is 3. The van der Waals surface area contributed by atoms with Gasteiger partial charge in [0, 0.05) is 23.0 Å². The molecule has 1 saturated heterocycles. The fourth-order valence-corrected chi connectivity index (χ4v) is 2.78. The summed E-state index contributed by atoms with van der Waals surface area (Å²) in [5, 5.41) is 2.93. The van der Waals surface area contributed by atoms with Gasteiger partial charge in [0.25, 0.3) is 0 Å². The molecule has 1 amide bonds. The highest BCUT2D eigenvalue weighted by atomic mass is 16.2. The van der Waals surface area contributed by atoms with Crippen LogP contribution in [-0.2, 0) is 11.3 Å². The second-order valence-electron chi connectivity index (χ2n) is 5.89. The van der Waals surface area contributed by atoms with Crippen molar-refractivity contribution in [2.24, 2.45) is 0 Å². The zero-order valence-electron chi connectivity index (χ0n) is 13.2. The predicted molar refractivity (Wildman–Crippen MR) is 83.3 cm³/mol. The molecule has 0 spiro atoms. The molecule has 0 radical (unpaired) electrons. The smallest absolute Gasteiger partial charge is 0.237 e. The summed E-state index contributed by atoms with van der Waals surface area (Å²) in [4.78, 5) is 29.4. The Morgan fingerprint density at radius 2 is 2.00 bits per heavy atom. The molecular formula is C16H25N3O2. The van der Waals surface area contributed by atoms with Crippen molar-refractivity contribution < 1.29 is 4.79 Å². The van der Waals surface area contributed by atoms with E-state index in [4.69, 9.17) is 0 Å². The number of hydrogen-bond donors (Lipinski definition) is 2. The number of aromatic nitrogens is 1. The summed E-state index contributed by atoms with van der Waals surface area (Å²) in [6.45, 7) is 7.89.